The number of aromatic amines is 1. The number of halogens is 1. The fraction of sp³-hybridized carbons (Fsp3) is 0.100. The molecule has 140 valence electrons. The summed E-state index contributed by atoms with van der Waals surface area (Å²) in [7, 11) is 0. The van der Waals surface area contributed by atoms with Gasteiger partial charge in [-0.3, -0.25) is 29.8 Å². The molecule has 1 aliphatic rings. The van der Waals surface area contributed by atoms with Gasteiger partial charge in [0.1, 0.15) is 0 Å². The lowest BCUT2D eigenvalue weighted by atomic mass is 10.1. The van der Waals surface area contributed by atoms with Gasteiger partial charge in [0, 0.05) is 16.4 Å². The van der Waals surface area contributed by atoms with Crippen LogP contribution in [0.25, 0.3) is 5.69 Å². The van der Waals surface area contributed by atoms with Crippen LogP contribution in [0.15, 0.2) is 50.7 Å². The van der Waals surface area contributed by atoms with Crippen LogP contribution in [-0.4, -0.2) is 27.8 Å². The molecular formula is C20H15BrN4O3. The summed E-state index contributed by atoms with van der Waals surface area (Å²) in [6.07, 6.45) is 1.47. The van der Waals surface area contributed by atoms with Crippen molar-refractivity contribution in [3.05, 3.63) is 79.2 Å². The minimum atomic E-state index is -0.442. The Morgan fingerprint density at radius 3 is 2.50 bits per heavy atom. The number of aliphatic imine (C=N–C) groups is 1. The van der Waals surface area contributed by atoms with Crippen molar-refractivity contribution in [2.75, 3.05) is 0 Å². The van der Waals surface area contributed by atoms with Gasteiger partial charge >= 0.3 is 0 Å². The summed E-state index contributed by atoms with van der Waals surface area (Å²) < 4.78 is 2.42. The molecule has 0 unspecified atom stereocenters. The SMILES string of the molecule is Cc1cc(Br)ccc1-n1[nH]c(C)c(C=Nc2ccc3c(c2)C(=O)NC3=O)c1=O. The van der Waals surface area contributed by atoms with Gasteiger partial charge in [0.2, 0.25) is 0 Å². The number of nitrogens with one attached hydrogen (secondary N) is 2. The first-order valence-electron chi connectivity index (χ1n) is 8.47. The van der Waals surface area contributed by atoms with E-state index < -0.39 is 11.8 Å². The second-order valence-electron chi connectivity index (χ2n) is 6.49. The first-order chi connectivity index (χ1) is 13.3. The van der Waals surface area contributed by atoms with Crippen LogP contribution in [0, 0.1) is 13.8 Å². The van der Waals surface area contributed by atoms with E-state index in [2.05, 4.69) is 31.3 Å². The molecule has 0 saturated carbocycles. The third kappa shape index (κ3) is 3.01. The van der Waals surface area contributed by atoms with E-state index in [0.717, 1.165) is 15.7 Å². The second kappa shape index (κ2) is 6.72. The van der Waals surface area contributed by atoms with E-state index in [0.29, 0.717) is 22.5 Å². The monoisotopic (exact) mass is 438 g/mol. The third-order valence-electron chi connectivity index (χ3n) is 4.58. The van der Waals surface area contributed by atoms with E-state index >= 15 is 0 Å². The fourth-order valence-corrected chi connectivity index (χ4v) is 3.60. The molecule has 28 heavy (non-hydrogen) atoms. The summed E-state index contributed by atoms with van der Waals surface area (Å²) >= 11 is 3.42. The number of carbonyl (C=O) groups is 2. The number of rotatable bonds is 3. The molecular weight excluding hydrogens is 424 g/mol. The Bertz CT molecular complexity index is 1240. The van der Waals surface area contributed by atoms with Crippen LogP contribution in [0.4, 0.5) is 5.69 Å². The zero-order chi connectivity index (χ0) is 20.0. The maximum absolute atomic E-state index is 12.9. The number of hydrogen-bond acceptors (Lipinski definition) is 4. The van der Waals surface area contributed by atoms with Crippen LogP contribution in [0.3, 0.4) is 0 Å². The molecule has 0 radical (unpaired) electrons. The lowest BCUT2D eigenvalue weighted by molar-refractivity contribution is 0.0879. The zero-order valence-electron chi connectivity index (χ0n) is 15.0. The van der Waals surface area contributed by atoms with Gasteiger partial charge < -0.3 is 0 Å². The minimum absolute atomic E-state index is 0.222. The second-order valence-corrected chi connectivity index (χ2v) is 7.41. The Labute approximate surface area is 168 Å². The van der Waals surface area contributed by atoms with Crippen molar-refractivity contribution in [1.82, 2.24) is 15.1 Å². The summed E-state index contributed by atoms with van der Waals surface area (Å²) in [5.74, 6) is -0.854. The standard InChI is InChI=1S/C20H15BrN4O3/c1-10-7-12(21)3-6-17(10)25-20(28)16(11(2)24-25)9-22-13-4-5-14-15(8-13)19(27)23-18(14)26/h3-9,24H,1-2H3,(H,23,26,27). The van der Waals surface area contributed by atoms with Gasteiger partial charge in [0.25, 0.3) is 17.4 Å². The molecule has 0 atom stereocenters. The predicted molar refractivity (Wildman–Crippen MR) is 109 cm³/mol. The summed E-state index contributed by atoms with van der Waals surface area (Å²) in [5, 5.41) is 5.31. The van der Waals surface area contributed by atoms with Gasteiger partial charge in [-0.15, -0.1) is 0 Å². The Morgan fingerprint density at radius 2 is 1.75 bits per heavy atom. The zero-order valence-corrected chi connectivity index (χ0v) is 16.6. The Kier molecular flexibility index (Phi) is 4.35. The van der Waals surface area contributed by atoms with Crippen LogP contribution < -0.4 is 10.9 Å². The minimum Gasteiger partial charge on any atom is -0.295 e. The molecule has 0 fully saturated rings. The van der Waals surface area contributed by atoms with E-state index in [1.54, 1.807) is 19.1 Å². The average molecular weight is 439 g/mol. The van der Waals surface area contributed by atoms with Crippen molar-refractivity contribution < 1.29 is 9.59 Å². The molecule has 0 bridgehead atoms. The Balaban J connectivity index is 1.71. The van der Waals surface area contributed by atoms with E-state index in [-0.39, 0.29) is 11.1 Å². The van der Waals surface area contributed by atoms with Crippen molar-refractivity contribution >= 4 is 39.6 Å². The molecule has 2 heterocycles. The summed E-state index contributed by atoms with van der Waals surface area (Å²) in [4.78, 5) is 40.6. The Morgan fingerprint density at radius 1 is 1.00 bits per heavy atom. The lowest BCUT2D eigenvalue weighted by Crippen LogP contribution is -2.19. The smallest absolute Gasteiger partial charge is 0.280 e. The van der Waals surface area contributed by atoms with Crippen molar-refractivity contribution in [3.8, 4) is 5.69 Å². The number of carbonyl (C=O) groups excluding carboxylic acids is 2. The highest BCUT2D eigenvalue weighted by atomic mass is 79.9. The summed E-state index contributed by atoms with van der Waals surface area (Å²) in [5.41, 5.74) is 3.66. The molecule has 0 aliphatic carbocycles. The summed E-state index contributed by atoms with van der Waals surface area (Å²) in [6.45, 7) is 3.72. The highest BCUT2D eigenvalue weighted by Crippen LogP contribution is 2.22. The lowest BCUT2D eigenvalue weighted by Gasteiger charge is -2.06. The normalized spacial score (nSPS) is 13.2. The van der Waals surface area contributed by atoms with Crippen LogP contribution in [0.2, 0.25) is 0 Å². The maximum Gasteiger partial charge on any atom is 0.280 e. The topological polar surface area (TPSA) is 96.3 Å². The first-order valence-corrected chi connectivity index (χ1v) is 9.26. The molecule has 7 nitrogen and oxygen atoms in total. The molecule has 4 rings (SSSR count). The van der Waals surface area contributed by atoms with Crippen LogP contribution in [0.5, 0.6) is 0 Å². The van der Waals surface area contributed by atoms with Crippen LogP contribution in [0.1, 0.15) is 37.5 Å². The molecule has 0 spiro atoms. The number of aromatic nitrogens is 2. The molecule has 1 aromatic heterocycles. The highest BCUT2D eigenvalue weighted by molar-refractivity contribution is 9.10. The number of fused-ring (bicyclic) bond motifs is 1. The van der Waals surface area contributed by atoms with Gasteiger partial charge in [-0.2, -0.15) is 0 Å². The molecule has 3 aromatic rings. The number of benzene rings is 2. The molecule has 2 amide bonds. The van der Waals surface area contributed by atoms with Gasteiger partial charge in [0.15, 0.2) is 0 Å². The number of hydrogen-bond donors (Lipinski definition) is 2. The molecule has 2 N–H and O–H groups in total. The van der Waals surface area contributed by atoms with Gasteiger partial charge in [-0.25, -0.2) is 4.68 Å². The van der Waals surface area contributed by atoms with Crippen molar-refractivity contribution in [2.24, 2.45) is 4.99 Å². The summed E-state index contributed by atoms with van der Waals surface area (Å²) in [6, 6.07) is 10.4. The van der Waals surface area contributed by atoms with Crippen molar-refractivity contribution in [1.29, 1.82) is 0 Å². The molecule has 0 saturated heterocycles. The van der Waals surface area contributed by atoms with Crippen LogP contribution in [-0.2, 0) is 0 Å². The average Bonchev–Trinajstić information content (AvgIpc) is 3.09. The van der Waals surface area contributed by atoms with Crippen LogP contribution >= 0.6 is 15.9 Å². The maximum atomic E-state index is 12.9. The number of imide groups is 1. The van der Waals surface area contributed by atoms with Gasteiger partial charge in [0.05, 0.1) is 28.1 Å². The van der Waals surface area contributed by atoms with Gasteiger partial charge in [-0.1, -0.05) is 15.9 Å². The number of amides is 2. The number of nitrogens with zero attached hydrogens (tertiary/aromatic N) is 2. The quantitative estimate of drug-likeness (QED) is 0.485. The number of H-pyrrole nitrogens is 1. The van der Waals surface area contributed by atoms with E-state index in [1.807, 2.05) is 25.1 Å². The largest absolute Gasteiger partial charge is 0.295 e. The van der Waals surface area contributed by atoms with E-state index in [4.69, 9.17) is 0 Å². The highest BCUT2D eigenvalue weighted by Gasteiger charge is 2.26. The third-order valence-corrected chi connectivity index (χ3v) is 5.07. The molecule has 2 aromatic carbocycles. The number of aryl methyl sites for hydroxylation is 2. The first kappa shape index (κ1) is 18.1. The van der Waals surface area contributed by atoms with Gasteiger partial charge in [-0.05, 0) is 55.8 Å². The predicted octanol–water partition coefficient (Wildman–Crippen LogP) is 3.18. The van der Waals surface area contributed by atoms with Crippen molar-refractivity contribution in [2.45, 2.75) is 13.8 Å². The van der Waals surface area contributed by atoms with E-state index in [9.17, 15) is 14.4 Å². The molecule has 8 heteroatoms. The van der Waals surface area contributed by atoms with Crippen molar-refractivity contribution in [3.63, 3.8) is 0 Å². The Hall–Kier alpha value is -3.26. The van der Waals surface area contributed by atoms with E-state index in [1.165, 1.54) is 17.0 Å². The fourth-order valence-electron chi connectivity index (χ4n) is 3.13. The molecule has 1 aliphatic heterocycles.